The van der Waals surface area contributed by atoms with Gasteiger partial charge in [-0.3, -0.25) is 9.78 Å². The number of amides is 1. The second-order valence-electron chi connectivity index (χ2n) is 7.34. The van der Waals surface area contributed by atoms with E-state index in [0.29, 0.717) is 19.0 Å². The van der Waals surface area contributed by atoms with Crippen LogP contribution in [0.2, 0.25) is 0 Å². The number of carbonyl (C=O) groups is 1. The van der Waals surface area contributed by atoms with Gasteiger partial charge in [-0.2, -0.15) is 0 Å². The fraction of sp³-hybridized carbons (Fsp3) is 0.333. The van der Waals surface area contributed by atoms with Gasteiger partial charge in [0.05, 0.1) is 21.7 Å². The van der Waals surface area contributed by atoms with E-state index in [-0.39, 0.29) is 23.0 Å². The van der Waals surface area contributed by atoms with E-state index >= 15 is 0 Å². The van der Waals surface area contributed by atoms with E-state index in [1.54, 1.807) is 11.1 Å². The van der Waals surface area contributed by atoms with Crippen LogP contribution in [0.5, 0.6) is 0 Å². The molecule has 0 spiro atoms. The predicted molar refractivity (Wildman–Crippen MR) is 108 cm³/mol. The average molecular weight is 415 g/mol. The van der Waals surface area contributed by atoms with Crippen molar-refractivity contribution in [3.63, 3.8) is 0 Å². The molecule has 0 aliphatic carbocycles. The number of benzene rings is 1. The molecule has 1 N–H and O–H groups in total. The lowest BCUT2D eigenvalue weighted by molar-refractivity contribution is -0.131. The molecule has 3 heterocycles. The number of aromatic amines is 1. The zero-order valence-corrected chi connectivity index (χ0v) is 16.7. The highest BCUT2D eigenvalue weighted by Gasteiger charge is 2.26. The SMILES string of the molecule is O=C(CCS(=O)(=O)c1ccc(F)cc1)N1CCC(c2cc3ncccc3[nH]2)CC1. The molecule has 0 radical (unpaired) electrons. The normalized spacial score (nSPS) is 15.7. The summed E-state index contributed by atoms with van der Waals surface area (Å²) in [5.41, 5.74) is 3.07. The number of aromatic nitrogens is 2. The standard InChI is InChI=1S/C21H22FN3O3S/c22-16-3-5-17(6-4-16)29(27,28)13-9-21(26)25-11-7-15(8-12-25)19-14-20-18(24-19)2-1-10-23-20/h1-6,10,14-15,24H,7-9,11-13H2. The highest BCUT2D eigenvalue weighted by molar-refractivity contribution is 7.91. The molecule has 1 aromatic carbocycles. The Morgan fingerprint density at radius 2 is 1.90 bits per heavy atom. The Bertz CT molecular complexity index is 1080. The summed E-state index contributed by atoms with van der Waals surface area (Å²) in [5.74, 6) is -0.595. The summed E-state index contributed by atoms with van der Waals surface area (Å²) in [6.45, 7) is 1.20. The van der Waals surface area contributed by atoms with E-state index in [9.17, 15) is 17.6 Å². The number of fused-ring (bicyclic) bond motifs is 1. The summed E-state index contributed by atoms with van der Waals surface area (Å²) < 4.78 is 37.7. The molecule has 4 rings (SSSR count). The molecular weight excluding hydrogens is 393 g/mol. The van der Waals surface area contributed by atoms with E-state index in [4.69, 9.17) is 0 Å². The number of carbonyl (C=O) groups excluding carboxylic acids is 1. The number of sulfone groups is 1. The summed E-state index contributed by atoms with van der Waals surface area (Å²) in [4.78, 5) is 22.0. The summed E-state index contributed by atoms with van der Waals surface area (Å²) in [7, 11) is -3.61. The van der Waals surface area contributed by atoms with E-state index in [0.717, 1.165) is 41.7 Å². The number of nitrogens with one attached hydrogen (secondary N) is 1. The molecular formula is C21H22FN3O3S. The van der Waals surface area contributed by atoms with Gasteiger partial charge in [0.25, 0.3) is 0 Å². The van der Waals surface area contributed by atoms with E-state index in [1.807, 2.05) is 12.1 Å². The maximum atomic E-state index is 13.0. The zero-order chi connectivity index (χ0) is 20.4. The lowest BCUT2D eigenvalue weighted by atomic mass is 9.93. The number of pyridine rings is 1. The van der Waals surface area contributed by atoms with Crippen LogP contribution in [0.15, 0.2) is 53.6 Å². The highest BCUT2D eigenvalue weighted by Crippen LogP contribution is 2.29. The van der Waals surface area contributed by atoms with Crippen molar-refractivity contribution < 1.29 is 17.6 Å². The molecule has 1 aliphatic heterocycles. The van der Waals surface area contributed by atoms with Crippen molar-refractivity contribution in [1.82, 2.24) is 14.9 Å². The molecule has 2 aromatic heterocycles. The number of rotatable bonds is 5. The number of hydrogen-bond donors (Lipinski definition) is 1. The molecule has 0 bridgehead atoms. The summed E-state index contributed by atoms with van der Waals surface area (Å²) in [6.07, 6.45) is 3.34. The monoisotopic (exact) mass is 415 g/mol. The lowest BCUT2D eigenvalue weighted by Crippen LogP contribution is -2.38. The topological polar surface area (TPSA) is 83.1 Å². The molecule has 152 valence electrons. The minimum atomic E-state index is -3.61. The Balaban J connectivity index is 1.32. The molecule has 1 aliphatic rings. The maximum Gasteiger partial charge on any atom is 0.223 e. The minimum absolute atomic E-state index is 0.0397. The van der Waals surface area contributed by atoms with Crippen LogP contribution in [-0.2, 0) is 14.6 Å². The molecule has 8 heteroatoms. The Morgan fingerprint density at radius 1 is 1.17 bits per heavy atom. The van der Waals surface area contributed by atoms with Crippen LogP contribution in [-0.4, -0.2) is 48.0 Å². The first-order chi connectivity index (χ1) is 13.9. The van der Waals surface area contributed by atoms with Gasteiger partial charge in [0.15, 0.2) is 9.84 Å². The molecule has 3 aromatic rings. The Kier molecular flexibility index (Phi) is 5.36. The van der Waals surface area contributed by atoms with E-state index in [2.05, 4.69) is 16.0 Å². The van der Waals surface area contributed by atoms with Crippen molar-refractivity contribution in [2.75, 3.05) is 18.8 Å². The maximum absolute atomic E-state index is 13.0. The molecule has 1 amide bonds. The molecule has 6 nitrogen and oxygen atoms in total. The predicted octanol–water partition coefficient (Wildman–Crippen LogP) is 3.27. The van der Waals surface area contributed by atoms with Crippen molar-refractivity contribution in [3.8, 4) is 0 Å². The smallest absolute Gasteiger partial charge is 0.223 e. The van der Waals surface area contributed by atoms with Gasteiger partial charge in [-0.05, 0) is 55.3 Å². The van der Waals surface area contributed by atoms with Gasteiger partial charge in [-0.15, -0.1) is 0 Å². The number of H-pyrrole nitrogens is 1. The van der Waals surface area contributed by atoms with Gasteiger partial charge >= 0.3 is 0 Å². The van der Waals surface area contributed by atoms with Crippen LogP contribution < -0.4 is 0 Å². The van der Waals surface area contributed by atoms with Crippen molar-refractivity contribution in [2.45, 2.75) is 30.1 Å². The van der Waals surface area contributed by atoms with Crippen LogP contribution in [0, 0.1) is 5.82 Å². The van der Waals surface area contributed by atoms with Gasteiger partial charge in [0.1, 0.15) is 5.82 Å². The number of hydrogen-bond acceptors (Lipinski definition) is 4. The van der Waals surface area contributed by atoms with Gasteiger partial charge in [-0.1, -0.05) is 0 Å². The second-order valence-corrected chi connectivity index (χ2v) is 9.45. The van der Waals surface area contributed by atoms with Gasteiger partial charge < -0.3 is 9.88 Å². The molecule has 1 fully saturated rings. The zero-order valence-electron chi connectivity index (χ0n) is 15.8. The third kappa shape index (κ3) is 4.32. The van der Waals surface area contributed by atoms with Crippen LogP contribution in [0.4, 0.5) is 4.39 Å². The van der Waals surface area contributed by atoms with Crippen molar-refractivity contribution >= 4 is 26.8 Å². The van der Waals surface area contributed by atoms with Gasteiger partial charge in [0.2, 0.25) is 5.91 Å². The molecule has 1 saturated heterocycles. The van der Waals surface area contributed by atoms with Crippen molar-refractivity contribution in [3.05, 3.63) is 60.2 Å². The van der Waals surface area contributed by atoms with Crippen molar-refractivity contribution in [1.29, 1.82) is 0 Å². The number of likely N-dealkylation sites (tertiary alicyclic amines) is 1. The van der Waals surface area contributed by atoms with Crippen LogP contribution >= 0.6 is 0 Å². The second kappa shape index (κ2) is 7.94. The summed E-state index contributed by atoms with van der Waals surface area (Å²) in [6, 6.07) is 10.6. The average Bonchev–Trinajstić information content (AvgIpc) is 3.17. The van der Waals surface area contributed by atoms with E-state index in [1.165, 1.54) is 12.1 Å². The van der Waals surface area contributed by atoms with E-state index < -0.39 is 15.7 Å². The fourth-order valence-electron chi connectivity index (χ4n) is 3.78. The Hall–Kier alpha value is -2.74. The van der Waals surface area contributed by atoms with Crippen LogP contribution in [0.3, 0.4) is 0 Å². The molecule has 0 unspecified atom stereocenters. The Morgan fingerprint density at radius 3 is 2.59 bits per heavy atom. The quantitative estimate of drug-likeness (QED) is 0.649. The fourth-order valence-corrected chi connectivity index (χ4v) is 5.01. The van der Waals surface area contributed by atoms with Gasteiger partial charge in [0, 0.05) is 37.3 Å². The molecule has 0 atom stereocenters. The van der Waals surface area contributed by atoms with Crippen LogP contribution in [0.1, 0.15) is 30.9 Å². The lowest BCUT2D eigenvalue weighted by Gasteiger charge is -2.31. The third-order valence-electron chi connectivity index (χ3n) is 5.45. The molecule has 29 heavy (non-hydrogen) atoms. The molecule has 0 saturated carbocycles. The highest BCUT2D eigenvalue weighted by atomic mass is 32.2. The minimum Gasteiger partial charge on any atom is -0.357 e. The van der Waals surface area contributed by atoms with Gasteiger partial charge in [-0.25, -0.2) is 12.8 Å². The summed E-state index contributed by atoms with van der Waals surface area (Å²) >= 11 is 0. The largest absolute Gasteiger partial charge is 0.357 e. The summed E-state index contributed by atoms with van der Waals surface area (Å²) in [5, 5.41) is 0. The first-order valence-corrected chi connectivity index (χ1v) is 11.3. The third-order valence-corrected chi connectivity index (χ3v) is 7.19. The first-order valence-electron chi connectivity index (χ1n) is 9.62. The Labute approximate surface area is 168 Å². The van der Waals surface area contributed by atoms with Crippen LogP contribution in [0.25, 0.3) is 11.0 Å². The van der Waals surface area contributed by atoms with Crippen molar-refractivity contribution in [2.24, 2.45) is 0 Å². The number of piperidine rings is 1. The number of halogens is 1. The first kappa shape index (κ1) is 19.6. The number of nitrogens with zero attached hydrogens (tertiary/aromatic N) is 2.